The van der Waals surface area contributed by atoms with Gasteiger partial charge in [-0.3, -0.25) is 4.98 Å². The molecule has 3 nitrogen and oxygen atoms in total. The lowest BCUT2D eigenvalue weighted by Crippen LogP contribution is -2.27. The number of benzene rings is 1. The molecule has 0 atom stereocenters. The van der Waals surface area contributed by atoms with E-state index >= 15 is 0 Å². The molecule has 0 radical (unpaired) electrons. The van der Waals surface area contributed by atoms with Gasteiger partial charge < -0.3 is 9.47 Å². The quantitative estimate of drug-likeness (QED) is 0.673. The van der Waals surface area contributed by atoms with Gasteiger partial charge in [0.25, 0.3) is 0 Å². The first-order valence-corrected chi connectivity index (χ1v) is 8.40. The molecule has 0 fully saturated rings. The molecule has 1 aliphatic heterocycles. The molecule has 0 spiro atoms. The monoisotopic (exact) mass is 377 g/mol. The van der Waals surface area contributed by atoms with Crippen molar-refractivity contribution in [1.82, 2.24) is 14.5 Å². The second-order valence-corrected chi connectivity index (χ2v) is 6.69. The van der Waals surface area contributed by atoms with Gasteiger partial charge in [0.1, 0.15) is 0 Å². The molecule has 5 heteroatoms. The standard InChI is InChI=1S/C20H23N3.2ClH/c1-15-3-4-19-17(13-15)18-14-22(2)11-8-20(18)23(19)12-7-16-5-9-21-10-6-16;;/h3-6,9-10,13H,7-8,11-12,14H2,1-2H3;2*1H. The third-order valence-electron chi connectivity index (χ3n) is 4.97. The lowest BCUT2D eigenvalue weighted by molar-refractivity contribution is 0.309. The Bertz CT molecular complexity index is 843. The van der Waals surface area contributed by atoms with Crippen molar-refractivity contribution in [2.75, 3.05) is 13.6 Å². The van der Waals surface area contributed by atoms with E-state index in [1.165, 1.54) is 33.3 Å². The fraction of sp³-hybridized carbons (Fsp3) is 0.350. The zero-order valence-corrected chi connectivity index (χ0v) is 16.4. The number of hydrogen-bond donors (Lipinski definition) is 0. The Balaban J connectivity index is 0.00000113. The number of nitrogens with zero attached hydrogens (tertiary/aromatic N) is 3. The van der Waals surface area contributed by atoms with Crippen molar-refractivity contribution in [3.8, 4) is 0 Å². The van der Waals surface area contributed by atoms with Gasteiger partial charge in [0.2, 0.25) is 0 Å². The molecule has 1 aliphatic rings. The molecule has 2 aromatic heterocycles. The van der Waals surface area contributed by atoms with Crippen molar-refractivity contribution in [2.45, 2.75) is 32.9 Å². The summed E-state index contributed by atoms with van der Waals surface area (Å²) in [6.45, 7) is 5.45. The second-order valence-electron chi connectivity index (χ2n) is 6.69. The van der Waals surface area contributed by atoms with Crippen LogP contribution in [0.25, 0.3) is 10.9 Å². The zero-order chi connectivity index (χ0) is 15.8. The van der Waals surface area contributed by atoms with E-state index in [1.807, 2.05) is 12.4 Å². The van der Waals surface area contributed by atoms with Crippen molar-refractivity contribution in [2.24, 2.45) is 0 Å². The Labute approximate surface area is 161 Å². The third kappa shape index (κ3) is 3.84. The molecule has 4 rings (SSSR count). The van der Waals surface area contributed by atoms with Gasteiger partial charge in [-0.05, 0) is 55.8 Å². The molecule has 25 heavy (non-hydrogen) atoms. The minimum absolute atomic E-state index is 0. The highest BCUT2D eigenvalue weighted by Crippen LogP contribution is 2.31. The number of aryl methyl sites for hydroxylation is 3. The van der Waals surface area contributed by atoms with Crippen LogP contribution in [0.1, 0.15) is 22.4 Å². The van der Waals surface area contributed by atoms with E-state index in [9.17, 15) is 0 Å². The maximum Gasteiger partial charge on any atom is 0.0486 e. The number of hydrogen-bond acceptors (Lipinski definition) is 2. The highest BCUT2D eigenvalue weighted by atomic mass is 35.5. The predicted molar refractivity (Wildman–Crippen MR) is 109 cm³/mol. The minimum atomic E-state index is 0. The summed E-state index contributed by atoms with van der Waals surface area (Å²) in [5.74, 6) is 0. The van der Waals surface area contributed by atoms with Crippen molar-refractivity contribution in [3.63, 3.8) is 0 Å². The molecular weight excluding hydrogens is 353 g/mol. The van der Waals surface area contributed by atoms with Crippen LogP contribution >= 0.6 is 24.8 Å². The number of fused-ring (bicyclic) bond motifs is 3. The van der Waals surface area contributed by atoms with Gasteiger partial charge in [0.05, 0.1) is 0 Å². The first-order chi connectivity index (χ1) is 11.2. The predicted octanol–water partition coefficient (Wildman–Crippen LogP) is 4.42. The number of aromatic nitrogens is 2. The minimum Gasteiger partial charge on any atom is -0.344 e. The summed E-state index contributed by atoms with van der Waals surface area (Å²) in [5, 5.41) is 1.45. The fourth-order valence-corrected chi connectivity index (χ4v) is 3.74. The third-order valence-corrected chi connectivity index (χ3v) is 4.97. The largest absolute Gasteiger partial charge is 0.344 e. The van der Waals surface area contributed by atoms with E-state index in [4.69, 9.17) is 0 Å². The van der Waals surface area contributed by atoms with Gasteiger partial charge in [0.15, 0.2) is 0 Å². The summed E-state index contributed by atoms with van der Waals surface area (Å²) in [6.07, 6.45) is 5.98. The summed E-state index contributed by atoms with van der Waals surface area (Å²) < 4.78 is 2.55. The molecule has 0 saturated heterocycles. The lowest BCUT2D eigenvalue weighted by Gasteiger charge is -2.24. The maximum absolute atomic E-state index is 4.12. The van der Waals surface area contributed by atoms with Crippen molar-refractivity contribution in [3.05, 3.63) is 65.1 Å². The number of halogens is 2. The Kier molecular flexibility index (Phi) is 6.50. The Morgan fingerprint density at radius 2 is 1.84 bits per heavy atom. The van der Waals surface area contributed by atoms with Crippen molar-refractivity contribution >= 4 is 35.7 Å². The molecular formula is C20H25Cl2N3. The van der Waals surface area contributed by atoms with Gasteiger partial charge >= 0.3 is 0 Å². The molecule has 0 N–H and O–H groups in total. The van der Waals surface area contributed by atoms with Crippen LogP contribution in [0.4, 0.5) is 0 Å². The number of likely N-dealkylation sites (N-methyl/N-ethyl adjacent to an activating group) is 1. The van der Waals surface area contributed by atoms with Crippen LogP contribution in [-0.2, 0) is 25.9 Å². The van der Waals surface area contributed by atoms with Gasteiger partial charge in [-0.2, -0.15) is 0 Å². The molecule has 134 valence electrons. The first kappa shape index (κ1) is 19.8. The zero-order valence-electron chi connectivity index (χ0n) is 14.7. The molecule has 0 aliphatic carbocycles. The maximum atomic E-state index is 4.12. The topological polar surface area (TPSA) is 21.1 Å². The smallest absolute Gasteiger partial charge is 0.0486 e. The first-order valence-electron chi connectivity index (χ1n) is 8.40. The lowest BCUT2D eigenvalue weighted by atomic mass is 10.0. The van der Waals surface area contributed by atoms with Crippen LogP contribution in [0.2, 0.25) is 0 Å². The van der Waals surface area contributed by atoms with Crippen LogP contribution in [0, 0.1) is 6.92 Å². The van der Waals surface area contributed by atoms with Crippen LogP contribution in [-0.4, -0.2) is 28.0 Å². The van der Waals surface area contributed by atoms with Crippen molar-refractivity contribution < 1.29 is 0 Å². The summed E-state index contributed by atoms with van der Waals surface area (Å²) in [6, 6.07) is 11.1. The van der Waals surface area contributed by atoms with E-state index in [0.29, 0.717) is 0 Å². The SMILES string of the molecule is Cc1ccc2c(c1)c1c(n2CCc2ccncc2)CCN(C)C1.Cl.Cl. The van der Waals surface area contributed by atoms with E-state index in [1.54, 1.807) is 0 Å². The molecule has 3 aromatic rings. The Morgan fingerprint density at radius 1 is 1.08 bits per heavy atom. The Morgan fingerprint density at radius 3 is 2.60 bits per heavy atom. The van der Waals surface area contributed by atoms with E-state index < -0.39 is 0 Å². The van der Waals surface area contributed by atoms with Gasteiger partial charge in [0, 0.05) is 55.0 Å². The van der Waals surface area contributed by atoms with E-state index in [-0.39, 0.29) is 24.8 Å². The van der Waals surface area contributed by atoms with Crippen LogP contribution in [0.15, 0.2) is 42.7 Å². The molecule has 0 saturated carbocycles. The number of pyridine rings is 1. The molecule has 3 heterocycles. The van der Waals surface area contributed by atoms with E-state index in [0.717, 1.165) is 32.5 Å². The van der Waals surface area contributed by atoms with Gasteiger partial charge in [-0.25, -0.2) is 0 Å². The average Bonchev–Trinajstić information content (AvgIpc) is 2.86. The normalized spacial score (nSPS) is 13.8. The summed E-state index contributed by atoms with van der Waals surface area (Å²) >= 11 is 0. The Hall–Kier alpha value is -1.55. The van der Waals surface area contributed by atoms with Crippen LogP contribution in [0.5, 0.6) is 0 Å². The second kappa shape index (κ2) is 8.22. The summed E-state index contributed by atoms with van der Waals surface area (Å²) in [5.41, 5.74) is 7.17. The van der Waals surface area contributed by atoms with E-state index in [2.05, 4.69) is 58.8 Å². The van der Waals surface area contributed by atoms with Crippen LogP contribution < -0.4 is 0 Å². The van der Waals surface area contributed by atoms with Crippen LogP contribution in [0.3, 0.4) is 0 Å². The molecule has 0 bridgehead atoms. The summed E-state index contributed by atoms with van der Waals surface area (Å²) in [7, 11) is 2.22. The number of rotatable bonds is 3. The van der Waals surface area contributed by atoms with Gasteiger partial charge in [-0.15, -0.1) is 24.8 Å². The van der Waals surface area contributed by atoms with Gasteiger partial charge in [-0.1, -0.05) is 11.6 Å². The molecule has 0 amide bonds. The summed E-state index contributed by atoms with van der Waals surface area (Å²) in [4.78, 5) is 6.54. The fourth-order valence-electron chi connectivity index (χ4n) is 3.74. The van der Waals surface area contributed by atoms with Crippen molar-refractivity contribution in [1.29, 1.82) is 0 Å². The molecule has 0 unspecified atom stereocenters. The highest BCUT2D eigenvalue weighted by molar-refractivity contribution is 5.86. The highest BCUT2D eigenvalue weighted by Gasteiger charge is 2.22. The molecule has 1 aromatic carbocycles. The average molecular weight is 378 g/mol.